The Morgan fingerprint density at radius 1 is 1.10 bits per heavy atom. The summed E-state index contributed by atoms with van der Waals surface area (Å²) in [7, 11) is 0. The molecule has 146 valence electrons. The molecule has 1 heterocycles. The number of nitrogens with one attached hydrogen (secondary N) is 1. The number of pyridine rings is 1. The molecule has 2 aromatic carbocycles. The van der Waals surface area contributed by atoms with Gasteiger partial charge < -0.3 is 15.8 Å². The Morgan fingerprint density at radius 2 is 1.90 bits per heavy atom. The summed E-state index contributed by atoms with van der Waals surface area (Å²) in [6.45, 7) is 0. The highest BCUT2D eigenvalue weighted by Crippen LogP contribution is 2.48. The fourth-order valence-corrected chi connectivity index (χ4v) is 3.15. The van der Waals surface area contributed by atoms with Crippen LogP contribution in [0.3, 0.4) is 0 Å². The quantitative estimate of drug-likeness (QED) is 0.667. The smallest absolute Gasteiger partial charge is 0.248 e. The molecule has 2 amide bonds. The first-order valence-electron chi connectivity index (χ1n) is 9.10. The van der Waals surface area contributed by atoms with E-state index in [1.54, 1.807) is 42.5 Å². The summed E-state index contributed by atoms with van der Waals surface area (Å²) >= 11 is 0. The van der Waals surface area contributed by atoms with Crippen molar-refractivity contribution < 1.29 is 18.7 Å². The summed E-state index contributed by atoms with van der Waals surface area (Å²) in [5.74, 6) is -0.183. The van der Waals surface area contributed by atoms with Gasteiger partial charge in [-0.2, -0.15) is 0 Å². The normalized spacial score (nSPS) is 17.4. The zero-order valence-corrected chi connectivity index (χ0v) is 15.3. The Hall–Kier alpha value is -3.74. The lowest BCUT2D eigenvalue weighted by molar-refractivity contribution is -0.117. The number of nitrogens with two attached hydrogens (primary N) is 1. The van der Waals surface area contributed by atoms with E-state index in [9.17, 15) is 14.0 Å². The van der Waals surface area contributed by atoms with Crippen LogP contribution in [-0.4, -0.2) is 16.8 Å². The number of nitrogens with zero attached hydrogens (tertiary/aromatic N) is 1. The predicted octanol–water partition coefficient (Wildman–Crippen LogP) is 3.85. The number of benzene rings is 2. The molecular weight excluding hydrogens is 373 g/mol. The summed E-state index contributed by atoms with van der Waals surface area (Å²) in [6, 6.07) is 16.0. The molecule has 0 saturated heterocycles. The van der Waals surface area contributed by atoms with E-state index in [1.807, 2.05) is 0 Å². The van der Waals surface area contributed by atoms with Crippen molar-refractivity contribution >= 4 is 17.5 Å². The van der Waals surface area contributed by atoms with Crippen molar-refractivity contribution in [1.29, 1.82) is 0 Å². The first kappa shape index (κ1) is 18.6. The third-order valence-corrected chi connectivity index (χ3v) is 4.77. The molecule has 3 N–H and O–H groups in total. The van der Waals surface area contributed by atoms with Gasteiger partial charge in [0.05, 0.1) is 11.9 Å². The van der Waals surface area contributed by atoms with E-state index in [0.717, 1.165) is 12.0 Å². The van der Waals surface area contributed by atoms with Crippen LogP contribution in [0.4, 0.5) is 10.1 Å². The highest BCUT2D eigenvalue weighted by molar-refractivity contribution is 5.95. The van der Waals surface area contributed by atoms with Crippen molar-refractivity contribution in [3.63, 3.8) is 0 Å². The molecule has 1 aromatic heterocycles. The molecule has 4 rings (SSSR count). The number of carbonyl (C=O) groups excluding carboxylic acids is 2. The lowest BCUT2D eigenvalue weighted by Crippen LogP contribution is -2.14. The number of rotatable bonds is 6. The molecule has 1 fully saturated rings. The summed E-state index contributed by atoms with van der Waals surface area (Å²) in [5, 5.41) is 2.84. The van der Waals surface area contributed by atoms with Gasteiger partial charge in [0.15, 0.2) is 0 Å². The van der Waals surface area contributed by atoms with Crippen LogP contribution < -0.4 is 15.8 Å². The molecule has 0 bridgehead atoms. The number of primary amides is 1. The summed E-state index contributed by atoms with van der Waals surface area (Å²) in [6.07, 6.45) is 2.24. The molecule has 0 aliphatic heterocycles. The summed E-state index contributed by atoms with van der Waals surface area (Å²) < 4.78 is 18.6. The first-order valence-corrected chi connectivity index (χ1v) is 9.10. The molecular formula is C22H18FN3O3. The minimum atomic E-state index is -0.541. The maximum Gasteiger partial charge on any atom is 0.248 e. The average molecular weight is 391 g/mol. The fraction of sp³-hybridized carbons (Fsp3) is 0.136. The Morgan fingerprint density at radius 3 is 2.59 bits per heavy atom. The van der Waals surface area contributed by atoms with Crippen molar-refractivity contribution in [3.8, 4) is 11.6 Å². The van der Waals surface area contributed by atoms with Gasteiger partial charge in [0.2, 0.25) is 17.7 Å². The first-order chi connectivity index (χ1) is 14.0. The summed E-state index contributed by atoms with van der Waals surface area (Å²) in [4.78, 5) is 27.8. The average Bonchev–Trinajstić information content (AvgIpc) is 3.51. The molecule has 1 saturated carbocycles. The number of aromatic nitrogens is 1. The zero-order valence-electron chi connectivity index (χ0n) is 15.3. The van der Waals surface area contributed by atoms with E-state index in [4.69, 9.17) is 10.5 Å². The molecule has 0 radical (unpaired) electrons. The van der Waals surface area contributed by atoms with Crippen molar-refractivity contribution in [2.24, 2.45) is 11.7 Å². The van der Waals surface area contributed by atoms with Crippen molar-refractivity contribution in [2.75, 3.05) is 5.32 Å². The van der Waals surface area contributed by atoms with Crippen molar-refractivity contribution in [2.45, 2.75) is 12.3 Å². The number of hydrogen-bond donors (Lipinski definition) is 2. The van der Waals surface area contributed by atoms with Crippen LogP contribution in [0, 0.1) is 11.7 Å². The van der Waals surface area contributed by atoms with Gasteiger partial charge in [-0.25, -0.2) is 9.37 Å². The van der Waals surface area contributed by atoms with Gasteiger partial charge >= 0.3 is 0 Å². The van der Waals surface area contributed by atoms with Crippen molar-refractivity contribution in [1.82, 2.24) is 4.98 Å². The van der Waals surface area contributed by atoms with E-state index in [1.165, 1.54) is 24.4 Å². The van der Waals surface area contributed by atoms with Gasteiger partial charge in [-0.15, -0.1) is 0 Å². The molecule has 1 aliphatic rings. The number of carbonyl (C=O) groups is 2. The maximum atomic E-state index is 13.0. The predicted molar refractivity (Wildman–Crippen MR) is 105 cm³/mol. The summed E-state index contributed by atoms with van der Waals surface area (Å²) in [5.41, 5.74) is 7.12. The molecule has 2 atom stereocenters. The lowest BCUT2D eigenvalue weighted by Gasteiger charge is -2.08. The number of hydrogen-bond acceptors (Lipinski definition) is 4. The van der Waals surface area contributed by atoms with Crippen LogP contribution in [0.15, 0.2) is 66.9 Å². The monoisotopic (exact) mass is 391 g/mol. The Kier molecular flexibility index (Phi) is 4.95. The Balaban J connectivity index is 1.35. The minimum absolute atomic E-state index is 0.0936. The molecule has 2 unspecified atom stereocenters. The van der Waals surface area contributed by atoms with Crippen molar-refractivity contribution in [3.05, 3.63) is 83.8 Å². The van der Waals surface area contributed by atoms with E-state index in [-0.39, 0.29) is 23.6 Å². The topological polar surface area (TPSA) is 94.3 Å². The molecule has 29 heavy (non-hydrogen) atoms. The zero-order chi connectivity index (χ0) is 20.4. The number of amides is 2. The Labute approximate surface area is 166 Å². The third-order valence-electron chi connectivity index (χ3n) is 4.77. The van der Waals surface area contributed by atoms with Gasteiger partial charge in [-0.1, -0.05) is 18.2 Å². The van der Waals surface area contributed by atoms with Crippen LogP contribution >= 0.6 is 0 Å². The molecule has 0 spiro atoms. The maximum absolute atomic E-state index is 13.0. The highest BCUT2D eigenvalue weighted by Gasteiger charge is 2.43. The largest absolute Gasteiger partial charge is 0.439 e. The minimum Gasteiger partial charge on any atom is -0.439 e. The molecule has 1 aliphatic carbocycles. The van der Waals surface area contributed by atoms with Gasteiger partial charge in [0.25, 0.3) is 0 Å². The molecule has 6 nitrogen and oxygen atoms in total. The van der Waals surface area contributed by atoms with Gasteiger partial charge in [0, 0.05) is 17.5 Å². The van der Waals surface area contributed by atoms with Crippen LogP contribution in [0.5, 0.6) is 11.6 Å². The SMILES string of the molecule is NC(=O)c1cccc(Oc2ccc(NC(=O)C3CC3c3ccc(F)cc3)cn2)c1. The van der Waals surface area contributed by atoms with Gasteiger partial charge in [-0.05, 0) is 54.3 Å². The van der Waals surface area contributed by atoms with Crippen LogP contribution in [-0.2, 0) is 4.79 Å². The highest BCUT2D eigenvalue weighted by atomic mass is 19.1. The van der Waals surface area contributed by atoms with E-state index >= 15 is 0 Å². The lowest BCUT2D eigenvalue weighted by atomic mass is 10.1. The van der Waals surface area contributed by atoms with Gasteiger partial charge in [-0.3, -0.25) is 9.59 Å². The van der Waals surface area contributed by atoms with E-state index < -0.39 is 5.91 Å². The second-order valence-electron chi connectivity index (χ2n) is 6.87. The Bertz CT molecular complexity index is 1050. The molecule has 7 heteroatoms. The standard InChI is InChI=1S/C22H18FN3O3/c23-15-6-4-13(5-7-15)18-11-19(18)22(28)26-16-8-9-20(25-12-16)29-17-3-1-2-14(10-17)21(24)27/h1-10,12,18-19H,11H2,(H2,24,27)(H,26,28). The van der Waals surface area contributed by atoms with E-state index in [0.29, 0.717) is 22.9 Å². The van der Waals surface area contributed by atoms with Crippen LogP contribution in [0.2, 0.25) is 0 Å². The molecule has 3 aromatic rings. The van der Waals surface area contributed by atoms with Crippen LogP contribution in [0.25, 0.3) is 0 Å². The number of ether oxygens (including phenoxy) is 1. The number of anilines is 1. The number of halogens is 1. The second-order valence-corrected chi connectivity index (χ2v) is 6.87. The fourth-order valence-electron chi connectivity index (χ4n) is 3.15. The second kappa shape index (κ2) is 7.71. The van der Waals surface area contributed by atoms with Crippen LogP contribution in [0.1, 0.15) is 28.3 Å². The van der Waals surface area contributed by atoms with E-state index in [2.05, 4.69) is 10.3 Å². The van der Waals surface area contributed by atoms with Gasteiger partial charge in [0.1, 0.15) is 11.6 Å². The third kappa shape index (κ3) is 4.40.